The van der Waals surface area contributed by atoms with E-state index in [1.165, 1.54) is 7.11 Å². The lowest BCUT2D eigenvalue weighted by molar-refractivity contribution is -0.136. The molecule has 1 aliphatic heterocycles. The predicted molar refractivity (Wildman–Crippen MR) is 114 cm³/mol. The van der Waals surface area contributed by atoms with Gasteiger partial charge >= 0.3 is 5.97 Å². The van der Waals surface area contributed by atoms with Crippen molar-refractivity contribution in [2.45, 2.75) is 32.1 Å². The highest BCUT2D eigenvalue weighted by atomic mass is 79.9. The molecule has 1 heterocycles. The highest BCUT2D eigenvalue weighted by Gasteiger charge is 2.41. The van der Waals surface area contributed by atoms with Crippen LogP contribution in [0.15, 0.2) is 52.0 Å². The van der Waals surface area contributed by atoms with Gasteiger partial charge in [0.15, 0.2) is 17.3 Å². The molecule has 1 aliphatic carbocycles. The molecule has 30 heavy (non-hydrogen) atoms. The van der Waals surface area contributed by atoms with Crippen LogP contribution >= 0.6 is 15.9 Å². The SMILES string of the molecule is C=CCOc1c(Br)cc([C@H]2C(C(=O)OC)=C(N)OC3=C2C(=O)CCC3)cc1OCC. The number of ketones is 1. The second kappa shape index (κ2) is 9.38. The molecule has 0 unspecified atom stereocenters. The topological polar surface area (TPSA) is 97.1 Å². The Hall–Kier alpha value is -2.74. The van der Waals surface area contributed by atoms with E-state index < -0.39 is 11.9 Å². The zero-order valence-corrected chi connectivity index (χ0v) is 18.5. The summed E-state index contributed by atoms with van der Waals surface area (Å²) in [6.45, 7) is 6.22. The molecule has 0 fully saturated rings. The van der Waals surface area contributed by atoms with Gasteiger partial charge in [-0.3, -0.25) is 4.79 Å². The normalized spacial score (nSPS) is 18.5. The zero-order chi connectivity index (χ0) is 21.8. The average molecular weight is 478 g/mol. The van der Waals surface area contributed by atoms with Crippen LogP contribution in [0.4, 0.5) is 0 Å². The number of halogens is 1. The molecule has 1 aromatic rings. The van der Waals surface area contributed by atoms with Gasteiger partial charge in [0.2, 0.25) is 5.88 Å². The summed E-state index contributed by atoms with van der Waals surface area (Å²) in [5.74, 6) is -0.0155. The van der Waals surface area contributed by atoms with Crippen molar-refractivity contribution in [3.05, 3.63) is 57.6 Å². The van der Waals surface area contributed by atoms with Gasteiger partial charge in [-0.25, -0.2) is 4.79 Å². The quantitative estimate of drug-likeness (QED) is 0.469. The first-order valence-electron chi connectivity index (χ1n) is 9.64. The number of carbonyl (C=O) groups is 2. The molecule has 2 aliphatic rings. The number of hydrogen-bond donors (Lipinski definition) is 1. The number of esters is 1. The van der Waals surface area contributed by atoms with Gasteiger partial charge in [0.1, 0.15) is 17.9 Å². The van der Waals surface area contributed by atoms with E-state index in [1.807, 2.05) is 6.92 Å². The van der Waals surface area contributed by atoms with Crippen LogP contribution in [-0.4, -0.2) is 32.1 Å². The molecule has 160 valence electrons. The number of allylic oxidation sites excluding steroid dienone is 2. The van der Waals surface area contributed by atoms with Crippen molar-refractivity contribution in [1.82, 2.24) is 0 Å². The van der Waals surface area contributed by atoms with E-state index in [0.717, 1.165) is 0 Å². The molecule has 0 radical (unpaired) electrons. The smallest absolute Gasteiger partial charge is 0.340 e. The van der Waals surface area contributed by atoms with Gasteiger partial charge in [0.25, 0.3) is 0 Å². The van der Waals surface area contributed by atoms with Crippen LogP contribution < -0.4 is 15.2 Å². The molecule has 0 amide bonds. The van der Waals surface area contributed by atoms with Crippen molar-refractivity contribution in [2.24, 2.45) is 5.73 Å². The Kier molecular flexibility index (Phi) is 6.87. The van der Waals surface area contributed by atoms with E-state index in [-0.39, 0.29) is 17.2 Å². The number of carbonyl (C=O) groups excluding carboxylic acids is 2. The van der Waals surface area contributed by atoms with Crippen molar-refractivity contribution in [1.29, 1.82) is 0 Å². The minimum absolute atomic E-state index is 0.0543. The first-order chi connectivity index (χ1) is 14.4. The van der Waals surface area contributed by atoms with Crippen molar-refractivity contribution in [3.63, 3.8) is 0 Å². The first-order valence-corrected chi connectivity index (χ1v) is 10.4. The third-order valence-corrected chi connectivity index (χ3v) is 5.49. The maximum absolute atomic E-state index is 12.8. The van der Waals surface area contributed by atoms with E-state index in [2.05, 4.69) is 22.5 Å². The zero-order valence-electron chi connectivity index (χ0n) is 17.0. The fourth-order valence-electron chi connectivity index (χ4n) is 3.70. The van der Waals surface area contributed by atoms with Crippen molar-refractivity contribution >= 4 is 27.7 Å². The highest BCUT2D eigenvalue weighted by Crippen LogP contribution is 2.47. The fraction of sp³-hybridized carbons (Fsp3) is 0.364. The summed E-state index contributed by atoms with van der Waals surface area (Å²) < 4.78 is 22.7. The van der Waals surface area contributed by atoms with E-state index in [4.69, 9.17) is 24.7 Å². The Morgan fingerprint density at radius 3 is 2.80 bits per heavy atom. The minimum Gasteiger partial charge on any atom is -0.490 e. The predicted octanol–water partition coefficient (Wildman–Crippen LogP) is 3.88. The van der Waals surface area contributed by atoms with E-state index in [9.17, 15) is 9.59 Å². The van der Waals surface area contributed by atoms with Crippen LogP contribution in [0, 0.1) is 0 Å². The molecular formula is C22H24BrNO6. The van der Waals surface area contributed by atoms with Gasteiger partial charge in [0, 0.05) is 18.4 Å². The molecule has 7 nitrogen and oxygen atoms in total. The summed E-state index contributed by atoms with van der Waals surface area (Å²) in [5.41, 5.74) is 7.28. The third-order valence-electron chi connectivity index (χ3n) is 4.90. The molecule has 0 bridgehead atoms. The molecule has 3 rings (SSSR count). The van der Waals surface area contributed by atoms with Crippen molar-refractivity contribution < 1.29 is 28.5 Å². The number of benzene rings is 1. The second-order valence-corrected chi connectivity index (χ2v) is 7.64. The monoisotopic (exact) mass is 477 g/mol. The lowest BCUT2D eigenvalue weighted by atomic mass is 9.77. The Bertz CT molecular complexity index is 949. The van der Waals surface area contributed by atoms with Crippen LogP contribution in [0.5, 0.6) is 11.5 Å². The van der Waals surface area contributed by atoms with Gasteiger partial charge in [-0.2, -0.15) is 0 Å². The van der Waals surface area contributed by atoms with Crippen molar-refractivity contribution in [3.8, 4) is 11.5 Å². The molecule has 0 saturated carbocycles. The summed E-state index contributed by atoms with van der Waals surface area (Å²) in [4.78, 5) is 25.4. The number of Topliss-reactive ketones (excluding diaryl/α,β-unsaturated/α-hetero) is 1. The standard InChI is InChI=1S/C22H24BrNO6/c1-4-9-29-20-13(23)10-12(11-16(20)28-5-2)17-18-14(25)7-6-8-15(18)30-21(24)19(17)22(26)27-3/h4,10-11,17H,1,5-9,24H2,2-3H3/t17-/m1/s1. The molecule has 1 atom stereocenters. The average Bonchev–Trinajstić information content (AvgIpc) is 2.72. The number of ether oxygens (including phenoxy) is 4. The Balaban J connectivity index is 2.21. The summed E-state index contributed by atoms with van der Waals surface area (Å²) in [6, 6.07) is 3.55. The second-order valence-electron chi connectivity index (χ2n) is 6.78. The van der Waals surface area contributed by atoms with Gasteiger partial charge in [-0.1, -0.05) is 12.7 Å². The molecule has 2 N–H and O–H groups in total. The highest BCUT2D eigenvalue weighted by molar-refractivity contribution is 9.10. The molecule has 0 aromatic heterocycles. The summed E-state index contributed by atoms with van der Waals surface area (Å²) in [5, 5.41) is 0. The maximum Gasteiger partial charge on any atom is 0.340 e. The third kappa shape index (κ3) is 4.09. The largest absolute Gasteiger partial charge is 0.490 e. The molecule has 1 aromatic carbocycles. The molecule has 8 heteroatoms. The first kappa shape index (κ1) is 22.0. The lowest BCUT2D eigenvalue weighted by Gasteiger charge is -2.32. The van der Waals surface area contributed by atoms with Crippen molar-refractivity contribution in [2.75, 3.05) is 20.3 Å². The van der Waals surface area contributed by atoms with Gasteiger partial charge in [-0.15, -0.1) is 0 Å². The van der Waals surface area contributed by atoms with Crippen LogP contribution in [0.25, 0.3) is 0 Å². The molecular weight excluding hydrogens is 454 g/mol. The number of hydrogen-bond acceptors (Lipinski definition) is 7. The van der Waals surface area contributed by atoms with Crippen LogP contribution in [-0.2, 0) is 19.1 Å². The summed E-state index contributed by atoms with van der Waals surface area (Å²) >= 11 is 3.52. The Labute approximate surface area is 183 Å². The summed E-state index contributed by atoms with van der Waals surface area (Å²) in [6.07, 6.45) is 3.26. The van der Waals surface area contributed by atoms with Crippen LogP contribution in [0.1, 0.15) is 37.7 Å². The van der Waals surface area contributed by atoms with Gasteiger partial charge in [-0.05, 0) is 47.0 Å². The maximum atomic E-state index is 12.8. The fourth-order valence-corrected chi connectivity index (χ4v) is 4.27. The van der Waals surface area contributed by atoms with Crippen LogP contribution in [0.3, 0.4) is 0 Å². The van der Waals surface area contributed by atoms with E-state index in [1.54, 1.807) is 18.2 Å². The van der Waals surface area contributed by atoms with Crippen LogP contribution in [0.2, 0.25) is 0 Å². The Morgan fingerprint density at radius 2 is 2.13 bits per heavy atom. The lowest BCUT2D eigenvalue weighted by Crippen LogP contribution is -2.31. The number of rotatable bonds is 7. The number of nitrogens with two attached hydrogens (primary N) is 1. The molecule has 0 saturated heterocycles. The number of methoxy groups -OCH3 is 1. The minimum atomic E-state index is -0.724. The summed E-state index contributed by atoms with van der Waals surface area (Å²) in [7, 11) is 1.26. The van der Waals surface area contributed by atoms with E-state index >= 15 is 0 Å². The van der Waals surface area contributed by atoms with E-state index in [0.29, 0.717) is 65.3 Å². The molecule has 0 spiro atoms. The van der Waals surface area contributed by atoms with Gasteiger partial charge < -0.3 is 24.7 Å². The Morgan fingerprint density at radius 1 is 1.37 bits per heavy atom. The van der Waals surface area contributed by atoms with Gasteiger partial charge in [0.05, 0.1) is 24.1 Å².